The Morgan fingerprint density at radius 1 is 0.720 bits per heavy atom. The van der Waals surface area contributed by atoms with Crippen molar-refractivity contribution in [2.75, 3.05) is 24.7 Å². The van der Waals surface area contributed by atoms with E-state index >= 15 is 0 Å². The second-order valence-corrected chi connectivity index (χ2v) is 10.1. The van der Waals surface area contributed by atoms with E-state index in [1.54, 1.807) is 11.8 Å². The lowest BCUT2D eigenvalue weighted by atomic mass is 10.2. The fourth-order valence-electron chi connectivity index (χ4n) is 2.39. The summed E-state index contributed by atoms with van der Waals surface area (Å²) in [6.45, 7) is 3.21. The van der Waals surface area contributed by atoms with Gasteiger partial charge in [-0.1, -0.05) is 36.0 Å². The third-order valence-corrected chi connectivity index (χ3v) is 6.93. The Balaban J connectivity index is 1.22. The summed E-state index contributed by atoms with van der Waals surface area (Å²) in [6.07, 6.45) is 0. The molecule has 0 aliphatic carbocycles. The maximum Gasteiger partial charge on any atom is 0.0717 e. The van der Waals surface area contributed by atoms with Gasteiger partial charge in [-0.2, -0.15) is 23.5 Å². The van der Waals surface area contributed by atoms with Crippen molar-refractivity contribution in [3.63, 3.8) is 0 Å². The van der Waals surface area contributed by atoms with Crippen LogP contribution in [0.5, 0.6) is 0 Å². The van der Waals surface area contributed by atoms with Gasteiger partial charge in [-0.15, -0.1) is 0 Å². The van der Waals surface area contributed by atoms with Crippen LogP contribution >= 0.6 is 35.3 Å². The van der Waals surface area contributed by atoms with E-state index in [0.717, 1.165) is 36.9 Å². The number of hydrogen-bond acceptors (Lipinski definition) is 5. The number of rotatable bonds is 10. The highest BCUT2D eigenvalue weighted by Gasteiger charge is 2.22. The van der Waals surface area contributed by atoms with Crippen LogP contribution in [0.15, 0.2) is 58.3 Å². The summed E-state index contributed by atoms with van der Waals surface area (Å²) >= 11 is 5.75. The highest BCUT2D eigenvalue weighted by atomic mass is 32.2. The molecule has 4 rings (SSSR count). The fourth-order valence-corrected chi connectivity index (χ4v) is 4.05. The monoisotopic (exact) mass is 390 g/mol. The third kappa shape index (κ3) is 6.26. The summed E-state index contributed by atoms with van der Waals surface area (Å²) in [5.74, 6) is 2.53. The second-order valence-electron chi connectivity index (χ2n) is 6.33. The standard InChI is InChI=1S/C20H22O2S3/c1-5-17(6-2-15(1)9-21-11-19-13-23-19)25-18-7-3-16(4-8-18)10-22-12-20-14-24-20/h1-8,19-20H,9-14H2. The maximum absolute atomic E-state index is 5.72. The van der Waals surface area contributed by atoms with Crippen molar-refractivity contribution in [2.24, 2.45) is 0 Å². The first-order chi connectivity index (χ1) is 12.3. The Morgan fingerprint density at radius 2 is 1.12 bits per heavy atom. The van der Waals surface area contributed by atoms with Gasteiger partial charge in [-0.25, -0.2) is 0 Å². The minimum Gasteiger partial charge on any atom is -0.376 e. The molecule has 0 amide bonds. The summed E-state index contributed by atoms with van der Waals surface area (Å²) in [5.41, 5.74) is 2.49. The molecular formula is C20H22O2S3. The van der Waals surface area contributed by atoms with Gasteiger partial charge in [0, 0.05) is 31.8 Å². The third-order valence-electron chi connectivity index (χ3n) is 4.03. The second kappa shape index (κ2) is 8.87. The first-order valence-corrected chi connectivity index (χ1v) is 11.5. The van der Waals surface area contributed by atoms with E-state index in [4.69, 9.17) is 9.47 Å². The SMILES string of the molecule is c1cc(Sc2ccc(COCC3CS3)cc2)ccc1COCC1CS1. The van der Waals surface area contributed by atoms with Crippen molar-refractivity contribution >= 4 is 35.3 Å². The number of thioether (sulfide) groups is 2. The number of ether oxygens (including phenoxy) is 2. The predicted octanol–water partition coefficient (Wildman–Crippen LogP) is 5.10. The van der Waals surface area contributed by atoms with Crippen molar-refractivity contribution in [1.29, 1.82) is 0 Å². The Morgan fingerprint density at radius 3 is 1.48 bits per heavy atom. The van der Waals surface area contributed by atoms with Crippen LogP contribution in [0, 0.1) is 0 Å². The number of hydrogen-bond donors (Lipinski definition) is 0. The van der Waals surface area contributed by atoms with Crippen LogP contribution in [0.4, 0.5) is 0 Å². The molecule has 0 aromatic heterocycles. The lowest BCUT2D eigenvalue weighted by Gasteiger charge is -2.07. The predicted molar refractivity (Wildman–Crippen MR) is 109 cm³/mol. The zero-order valence-corrected chi connectivity index (χ0v) is 16.5. The van der Waals surface area contributed by atoms with Gasteiger partial charge in [0.15, 0.2) is 0 Å². The highest BCUT2D eigenvalue weighted by molar-refractivity contribution is 8.07. The molecule has 0 spiro atoms. The van der Waals surface area contributed by atoms with Crippen LogP contribution in [0.25, 0.3) is 0 Å². The van der Waals surface area contributed by atoms with Crippen molar-refractivity contribution in [3.8, 4) is 0 Å². The Kier molecular flexibility index (Phi) is 6.32. The molecule has 0 saturated carbocycles. The molecule has 132 valence electrons. The summed E-state index contributed by atoms with van der Waals surface area (Å²) in [5, 5.41) is 1.49. The Hall–Kier alpha value is -0.590. The molecule has 0 radical (unpaired) electrons. The normalized spacial score (nSPS) is 21.3. The fraction of sp³-hybridized carbons (Fsp3) is 0.400. The van der Waals surface area contributed by atoms with Gasteiger partial charge in [-0.3, -0.25) is 0 Å². The number of benzene rings is 2. The van der Waals surface area contributed by atoms with Crippen molar-refractivity contribution < 1.29 is 9.47 Å². The Labute approximate surface area is 162 Å². The van der Waals surface area contributed by atoms with Crippen LogP contribution in [-0.2, 0) is 22.7 Å². The summed E-state index contributed by atoms with van der Waals surface area (Å²) in [6, 6.07) is 17.4. The average Bonchev–Trinajstić information content (AvgIpc) is 3.53. The van der Waals surface area contributed by atoms with Gasteiger partial charge < -0.3 is 9.47 Å². The van der Waals surface area contributed by atoms with Crippen molar-refractivity contribution in [3.05, 3.63) is 59.7 Å². The molecule has 2 saturated heterocycles. The summed E-state index contributed by atoms with van der Waals surface area (Å²) in [4.78, 5) is 2.52. The van der Waals surface area contributed by atoms with Crippen LogP contribution < -0.4 is 0 Å². The molecule has 2 unspecified atom stereocenters. The molecule has 2 aromatic rings. The molecule has 2 atom stereocenters. The topological polar surface area (TPSA) is 18.5 Å². The van der Waals surface area contributed by atoms with E-state index in [2.05, 4.69) is 48.5 Å². The van der Waals surface area contributed by atoms with Crippen LogP contribution in [0.1, 0.15) is 11.1 Å². The molecule has 2 aliphatic rings. The van der Waals surface area contributed by atoms with Crippen molar-refractivity contribution in [1.82, 2.24) is 0 Å². The van der Waals surface area contributed by atoms with Gasteiger partial charge >= 0.3 is 0 Å². The quantitative estimate of drug-likeness (QED) is 0.524. The lowest BCUT2D eigenvalue weighted by Crippen LogP contribution is -2.00. The van der Waals surface area contributed by atoms with E-state index in [9.17, 15) is 0 Å². The first kappa shape index (κ1) is 17.8. The van der Waals surface area contributed by atoms with Crippen molar-refractivity contribution in [2.45, 2.75) is 33.5 Å². The van der Waals surface area contributed by atoms with Gasteiger partial charge in [0.2, 0.25) is 0 Å². The largest absolute Gasteiger partial charge is 0.376 e. The summed E-state index contributed by atoms with van der Waals surface area (Å²) < 4.78 is 11.4. The zero-order chi connectivity index (χ0) is 16.9. The summed E-state index contributed by atoms with van der Waals surface area (Å²) in [7, 11) is 0. The maximum atomic E-state index is 5.72. The van der Waals surface area contributed by atoms with E-state index in [0.29, 0.717) is 0 Å². The molecule has 2 aliphatic heterocycles. The van der Waals surface area contributed by atoms with E-state index in [1.807, 2.05) is 23.5 Å². The molecule has 25 heavy (non-hydrogen) atoms. The minimum atomic E-state index is 0.718. The zero-order valence-electron chi connectivity index (χ0n) is 14.1. The molecule has 2 nitrogen and oxygen atoms in total. The highest BCUT2D eigenvalue weighted by Crippen LogP contribution is 2.31. The molecule has 5 heteroatoms. The van der Waals surface area contributed by atoms with Crippen LogP contribution in [0.2, 0.25) is 0 Å². The van der Waals surface area contributed by atoms with E-state index in [-0.39, 0.29) is 0 Å². The van der Waals surface area contributed by atoms with Gasteiger partial charge in [-0.05, 0) is 35.4 Å². The van der Waals surface area contributed by atoms with Gasteiger partial charge in [0.05, 0.1) is 26.4 Å². The molecule has 2 heterocycles. The lowest BCUT2D eigenvalue weighted by molar-refractivity contribution is 0.128. The molecule has 2 aromatic carbocycles. The first-order valence-electron chi connectivity index (χ1n) is 8.59. The van der Waals surface area contributed by atoms with Gasteiger partial charge in [0.1, 0.15) is 0 Å². The average molecular weight is 391 g/mol. The molecule has 2 fully saturated rings. The smallest absolute Gasteiger partial charge is 0.0717 e. The Bertz CT molecular complexity index is 605. The van der Waals surface area contributed by atoms with E-state index < -0.39 is 0 Å². The van der Waals surface area contributed by atoms with Crippen LogP contribution in [0.3, 0.4) is 0 Å². The molecule has 0 N–H and O–H groups in total. The molecular weight excluding hydrogens is 368 g/mol. The molecule has 0 bridgehead atoms. The van der Waals surface area contributed by atoms with E-state index in [1.165, 1.54) is 32.4 Å². The minimum absolute atomic E-state index is 0.718. The van der Waals surface area contributed by atoms with Crippen LogP contribution in [-0.4, -0.2) is 35.2 Å². The van der Waals surface area contributed by atoms with Gasteiger partial charge in [0.25, 0.3) is 0 Å².